The zero-order valence-electron chi connectivity index (χ0n) is 19.3. The molecule has 3 N–H and O–H groups in total. The van der Waals surface area contributed by atoms with E-state index in [2.05, 4.69) is 43.1 Å². The summed E-state index contributed by atoms with van der Waals surface area (Å²) in [5.41, 5.74) is -0.227. The second kappa shape index (κ2) is 8.52. The molecule has 0 aliphatic carbocycles. The summed E-state index contributed by atoms with van der Waals surface area (Å²) in [6, 6.07) is 11.7. The van der Waals surface area contributed by atoms with Gasteiger partial charge in [0.1, 0.15) is 6.04 Å². The lowest BCUT2D eigenvalue weighted by atomic mass is 9.79. The zero-order valence-corrected chi connectivity index (χ0v) is 20.1. The minimum Gasteiger partial charge on any atom is -0.352 e. The third-order valence-corrected chi connectivity index (χ3v) is 7.24. The van der Waals surface area contributed by atoms with E-state index in [1.165, 1.54) is 0 Å². The van der Waals surface area contributed by atoms with Crippen molar-refractivity contribution >= 4 is 26.7 Å². The van der Waals surface area contributed by atoms with E-state index in [9.17, 15) is 13.2 Å². The number of nitrogens with one attached hydrogen (secondary N) is 3. The van der Waals surface area contributed by atoms with Gasteiger partial charge in [0.2, 0.25) is 15.9 Å². The van der Waals surface area contributed by atoms with Crippen molar-refractivity contribution in [1.82, 2.24) is 15.4 Å². The van der Waals surface area contributed by atoms with Crippen LogP contribution < -0.4 is 15.4 Å². The molecular weight excluding hydrogens is 410 g/mol. The molecule has 1 fully saturated rings. The number of sulfonamides is 1. The van der Waals surface area contributed by atoms with Crippen LogP contribution in [-0.4, -0.2) is 37.5 Å². The van der Waals surface area contributed by atoms with E-state index >= 15 is 0 Å². The van der Waals surface area contributed by atoms with Crippen molar-refractivity contribution in [2.75, 3.05) is 0 Å². The Morgan fingerprint density at radius 1 is 1.00 bits per heavy atom. The van der Waals surface area contributed by atoms with Gasteiger partial charge in [0.25, 0.3) is 0 Å². The largest absolute Gasteiger partial charge is 0.352 e. The molecule has 170 valence electrons. The van der Waals surface area contributed by atoms with Gasteiger partial charge in [-0.2, -0.15) is 4.72 Å². The summed E-state index contributed by atoms with van der Waals surface area (Å²) in [7, 11) is -3.85. The smallest absolute Gasteiger partial charge is 0.241 e. The number of carbonyl (C=O) groups excluding carboxylic acids is 1. The zero-order chi connectivity index (χ0) is 23.0. The van der Waals surface area contributed by atoms with Crippen LogP contribution in [-0.2, 0) is 14.8 Å². The first-order valence-electron chi connectivity index (χ1n) is 10.9. The monoisotopic (exact) mass is 445 g/mol. The van der Waals surface area contributed by atoms with Crippen molar-refractivity contribution in [1.29, 1.82) is 0 Å². The highest BCUT2D eigenvalue weighted by molar-refractivity contribution is 7.89. The number of rotatable bonds is 6. The molecule has 2 aromatic rings. The first-order chi connectivity index (χ1) is 14.3. The van der Waals surface area contributed by atoms with Crippen LogP contribution in [0.1, 0.15) is 54.4 Å². The second-order valence-corrected chi connectivity index (χ2v) is 12.1. The highest BCUT2D eigenvalue weighted by Gasteiger charge is 2.39. The van der Waals surface area contributed by atoms with Gasteiger partial charge in [-0.3, -0.25) is 4.79 Å². The number of benzene rings is 2. The Morgan fingerprint density at radius 2 is 1.58 bits per heavy atom. The van der Waals surface area contributed by atoms with Crippen molar-refractivity contribution in [2.45, 2.75) is 82.4 Å². The number of fused-ring (bicyclic) bond motifs is 1. The van der Waals surface area contributed by atoms with Crippen LogP contribution in [0, 0.1) is 5.92 Å². The van der Waals surface area contributed by atoms with E-state index in [0.29, 0.717) is 0 Å². The Hall–Kier alpha value is -1.96. The van der Waals surface area contributed by atoms with Gasteiger partial charge < -0.3 is 10.6 Å². The number of hydrogen-bond acceptors (Lipinski definition) is 4. The molecule has 3 rings (SSSR count). The second-order valence-electron chi connectivity index (χ2n) is 10.4. The Balaban J connectivity index is 1.78. The van der Waals surface area contributed by atoms with E-state index < -0.39 is 16.1 Å². The molecular formula is C24H35N3O3S. The summed E-state index contributed by atoms with van der Waals surface area (Å²) in [6.45, 7) is 12.2. The standard InChI is InChI=1S/C24H35N3O3S/c1-16(2)21(22(28)25-19-14-23(3,4)27-24(5,6)15-19)26-31(29,30)20-12-11-17-9-7-8-10-18(17)13-20/h7-13,16,19,21,26-27H,14-15H2,1-6H3,(H,25,28). The summed E-state index contributed by atoms with van der Waals surface area (Å²) in [5, 5.41) is 8.52. The molecule has 31 heavy (non-hydrogen) atoms. The van der Waals surface area contributed by atoms with Crippen LogP contribution in [0.4, 0.5) is 0 Å². The molecule has 0 aromatic heterocycles. The first-order valence-corrected chi connectivity index (χ1v) is 12.4. The van der Waals surface area contributed by atoms with Gasteiger partial charge in [0.05, 0.1) is 4.90 Å². The normalized spacial score (nSPS) is 20.0. The Bertz CT molecular complexity index is 1040. The Kier molecular flexibility index (Phi) is 6.52. The summed E-state index contributed by atoms with van der Waals surface area (Å²) in [5.74, 6) is -0.476. The van der Waals surface area contributed by atoms with Gasteiger partial charge in [-0.05, 0) is 69.4 Å². The minimum absolute atomic E-state index is 0.0230. The van der Waals surface area contributed by atoms with Crippen LogP contribution in [0.3, 0.4) is 0 Å². The van der Waals surface area contributed by atoms with Crippen LogP contribution in [0.25, 0.3) is 10.8 Å². The third-order valence-electron chi connectivity index (χ3n) is 5.80. The molecule has 1 unspecified atom stereocenters. The first kappa shape index (κ1) is 23.7. The van der Waals surface area contributed by atoms with Gasteiger partial charge in [-0.25, -0.2) is 8.42 Å². The lowest BCUT2D eigenvalue weighted by Crippen LogP contribution is -2.63. The van der Waals surface area contributed by atoms with Crippen LogP contribution >= 0.6 is 0 Å². The van der Waals surface area contributed by atoms with Crippen LogP contribution in [0.2, 0.25) is 0 Å². The van der Waals surface area contributed by atoms with E-state index in [1.54, 1.807) is 18.2 Å². The molecule has 1 amide bonds. The lowest BCUT2D eigenvalue weighted by molar-refractivity contribution is -0.124. The minimum atomic E-state index is -3.85. The summed E-state index contributed by atoms with van der Waals surface area (Å²) >= 11 is 0. The van der Waals surface area contributed by atoms with Crippen LogP contribution in [0.15, 0.2) is 47.4 Å². The van der Waals surface area contributed by atoms with Crippen molar-refractivity contribution in [3.05, 3.63) is 42.5 Å². The molecule has 1 aliphatic heterocycles. The average Bonchev–Trinajstić information content (AvgIpc) is 2.62. The molecule has 0 saturated carbocycles. The Morgan fingerprint density at radius 3 is 2.16 bits per heavy atom. The molecule has 0 spiro atoms. The van der Waals surface area contributed by atoms with Gasteiger partial charge in [0.15, 0.2) is 0 Å². The predicted octanol–water partition coefficient (Wildman–Crippen LogP) is 3.57. The molecule has 0 bridgehead atoms. The maximum atomic E-state index is 13.1. The highest BCUT2D eigenvalue weighted by Crippen LogP contribution is 2.28. The maximum absolute atomic E-state index is 13.1. The van der Waals surface area contributed by atoms with Crippen molar-refractivity contribution < 1.29 is 13.2 Å². The average molecular weight is 446 g/mol. The van der Waals surface area contributed by atoms with E-state index in [4.69, 9.17) is 0 Å². The third kappa shape index (κ3) is 5.84. The molecule has 1 saturated heterocycles. The predicted molar refractivity (Wildman–Crippen MR) is 125 cm³/mol. The fourth-order valence-electron chi connectivity index (χ4n) is 4.78. The van der Waals surface area contributed by atoms with E-state index in [1.807, 2.05) is 38.1 Å². The summed E-state index contributed by atoms with van der Waals surface area (Å²) < 4.78 is 28.8. The van der Waals surface area contributed by atoms with Gasteiger partial charge in [0, 0.05) is 17.1 Å². The van der Waals surface area contributed by atoms with Crippen molar-refractivity contribution in [3.63, 3.8) is 0 Å². The van der Waals surface area contributed by atoms with E-state index in [0.717, 1.165) is 23.6 Å². The fraction of sp³-hybridized carbons (Fsp3) is 0.542. The Labute approximate surface area is 186 Å². The highest BCUT2D eigenvalue weighted by atomic mass is 32.2. The van der Waals surface area contributed by atoms with E-state index in [-0.39, 0.29) is 33.8 Å². The number of amides is 1. The topological polar surface area (TPSA) is 87.3 Å². The maximum Gasteiger partial charge on any atom is 0.241 e. The molecule has 6 nitrogen and oxygen atoms in total. The van der Waals surface area contributed by atoms with Gasteiger partial charge in [-0.1, -0.05) is 44.2 Å². The van der Waals surface area contributed by atoms with Gasteiger partial charge in [-0.15, -0.1) is 0 Å². The van der Waals surface area contributed by atoms with Crippen molar-refractivity contribution in [3.8, 4) is 0 Å². The number of piperidine rings is 1. The summed E-state index contributed by atoms with van der Waals surface area (Å²) in [4.78, 5) is 13.3. The molecule has 1 aliphatic rings. The van der Waals surface area contributed by atoms with Crippen molar-refractivity contribution in [2.24, 2.45) is 5.92 Å². The molecule has 7 heteroatoms. The summed E-state index contributed by atoms with van der Waals surface area (Å²) in [6.07, 6.45) is 1.56. The molecule has 0 radical (unpaired) electrons. The molecule has 2 aromatic carbocycles. The fourth-order valence-corrected chi connectivity index (χ4v) is 6.16. The van der Waals surface area contributed by atoms with Crippen LogP contribution in [0.5, 0.6) is 0 Å². The lowest BCUT2D eigenvalue weighted by Gasteiger charge is -2.46. The molecule has 1 heterocycles. The number of hydrogen-bond donors (Lipinski definition) is 3. The number of carbonyl (C=O) groups is 1. The van der Waals surface area contributed by atoms with Gasteiger partial charge >= 0.3 is 0 Å². The quantitative estimate of drug-likeness (QED) is 0.634. The molecule has 1 atom stereocenters. The SMILES string of the molecule is CC(C)C(NS(=O)(=O)c1ccc2ccccc2c1)C(=O)NC1CC(C)(C)NC(C)(C)C1.